The molecule has 3 aromatic rings. The number of nitrogens with one attached hydrogen (secondary N) is 2. The lowest BCUT2D eigenvalue weighted by atomic mass is 10.1. The zero-order valence-corrected chi connectivity index (χ0v) is 12.3. The van der Waals surface area contributed by atoms with E-state index in [1.54, 1.807) is 6.20 Å². The van der Waals surface area contributed by atoms with Gasteiger partial charge in [-0.2, -0.15) is 0 Å². The highest BCUT2D eigenvalue weighted by Crippen LogP contribution is 2.22. The number of aryl methyl sites for hydroxylation is 3. The quantitative estimate of drug-likeness (QED) is 0.750. The van der Waals surface area contributed by atoms with Crippen LogP contribution >= 0.6 is 0 Å². The molecule has 0 fully saturated rings. The Balaban J connectivity index is 1.93. The number of H-pyrrole nitrogens is 1. The van der Waals surface area contributed by atoms with E-state index in [0.29, 0.717) is 11.5 Å². The molecule has 0 unspecified atom stereocenters. The zero-order chi connectivity index (χ0) is 15.0. The van der Waals surface area contributed by atoms with Crippen molar-refractivity contribution in [2.45, 2.75) is 20.8 Å². The van der Waals surface area contributed by atoms with Gasteiger partial charge in [0.25, 0.3) is 5.91 Å². The van der Waals surface area contributed by atoms with Crippen LogP contribution in [0.4, 0.5) is 5.82 Å². The molecule has 0 saturated heterocycles. The molecule has 2 N–H and O–H groups in total. The third-order valence-electron chi connectivity index (χ3n) is 3.49. The van der Waals surface area contributed by atoms with Crippen LogP contribution < -0.4 is 5.32 Å². The van der Waals surface area contributed by atoms with E-state index in [0.717, 1.165) is 22.0 Å². The molecule has 3 rings (SSSR count). The van der Waals surface area contributed by atoms with Gasteiger partial charge in [0, 0.05) is 17.1 Å². The van der Waals surface area contributed by atoms with E-state index in [-0.39, 0.29) is 5.91 Å². The van der Waals surface area contributed by atoms with Gasteiger partial charge >= 0.3 is 0 Å². The van der Waals surface area contributed by atoms with Crippen LogP contribution in [0.5, 0.6) is 0 Å². The first-order valence-corrected chi connectivity index (χ1v) is 6.87. The van der Waals surface area contributed by atoms with Crippen molar-refractivity contribution in [1.29, 1.82) is 0 Å². The predicted octanol–water partition coefficient (Wildman–Crippen LogP) is 3.74. The number of aromatic nitrogens is 2. The minimum Gasteiger partial charge on any atom is -0.351 e. The van der Waals surface area contributed by atoms with E-state index in [1.807, 2.05) is 45.0 Å². The SMILES string of the molecule is Cc1ccnc(NC(=O)c2cc3c(C)cc(C)cc3[nH]2)c1. The van der Waals surface area contributed by atoms with Crippen molar-refractivity contribution >= 4 is 22.6 Å². The first kappa shape index (κ1) is 13.4. The topological polar surface area (TPSA) is 57.8 Å². The molecule has 0 atom stereocenters. The molecular weight excluding hydrogens is 262 g/mol. The maximum Gasteiger partial charge on any atom is 0.273 e. The fourth-order valence-corrected chi connectivity index (χ4v) is 2.51. The Morgan fingerprint density at radius 1 is 1.10 bits per heavy atom. The summed E-state index contributed by atoms with van der Waals surface area (Å²) in [5.74, 6) is 0.382. The van der Waals surface area contributed by atoms with Gasteiger partial charge in [-0.05, 0) is 61.7 Å². The molecule has 0 bridgehead atoms. The largest absolute Gasteiger partial charge is 0.351 e. The number of hydrogen-bond acceptors (Lipinski definition) is 2. The van der Waals surface area contributed by atoms with Gasteiger partial charge in [-0.15, -0.1) is 0 Å². The van der Waals surface area contributed by atoms with Crippen LogP contribution in [0.1, 0.15) is 27.2 Å². The molecule has 0 spiro atoms. The third kappa shape index (κ3) is 2.65. The van der Waals surface area contributed by atoms with Crippen molar-refractivity contribution in [2.75, 3.05) is 5.32 Å². The first-order valence-electron chi connectivity index (χ1n) is 6.87. The van der Waals surface area contributed by atoms with Crippen LogP contribution in [0.2, 0.25) is 0 Å². The van der Waals surface area contributed by atoms with Crippen molar-refractivity contribution in [2.24, 2.45) is 0 Å². The van der Waals surface area contributed by atoms with Gasteiger partial charge in [0.05, 0.1) is 0 Å². The summed E-state index contributed by atoms with van der Waals surface area (Å²) in [6, 6.07) is 9.78. The van der Waals surface area contributed by atoms with Crippen LogP contribution in [0, 0.1) is 20.8 Å². The molecule has 0 radical (unpaired) electrons. The number of rotatable bonds is 2. The summed E-state index contributed by atoms with van der Waals surface area (Å²) in [7, 11) is 0. The van der Waals surface area contributed by atoms with Gasteiger partial charge in [-0.3, -0.25) is 4.79 Å². The number of carbonyl (C=O) groups is 1. The summed E-state index contributed by atoms with van der Waals surface area (Å²) in [5, 5.41) is 3.88. The number of carbonyl (C=O) groups excluding carboxylic acids is 1. The standard InChI is InChI=1S/C17H17N3O/c1-10-4-5-18-16(8-10)20-17(21)15-9-13-12(3)6-11(2)7-14(13)19-15/h4-9,19H,1-3H3,(H,18,20,21). The second kappa shape index (κ2) is 5.05. The molecule has 0 saturated carbocycles. The van der Waals surface area contributed by atoms with E-state index < -0.39 is 0 Å². The third-order valence-corrected chi connectivity index (χ3v) is 3.49. The number of benzene rings is 1. The fraction of sp³-hybridized carbons (Fsp3) is 0.176. The number of fused-ring (bicyclic) bond motifs is 1. The fourth-order valence-electron chi connectivity index (χ4n) is 2.51. The maximum atomic E-state index is 12.3. The highest BCUT2D eigenvalue weighted by atomic mass is 16.1. The van der Waals surface area contributed by atoms with Crippen molar-refractivity contribution in [3.05, 3.63) is 58.9 Å². The van der Waals surface area contributed by atoms with Crippen LogP contribution in [-0.4, -0.2) is 15.9 Å². The molecule has 21 heavy (non-hydrogen) atoms. The Morgan fingerprint density at radius 2 is 1.90 bits per heavy atom. The normalized spacial score (nSPS) is 10.8. The molecule has 1 amide bonds. The number of amides is 1. The van der Waals surface area contributed by atoms with Gasteiger partial charge < -0.3 is 10.3 Å². The highest BCUT2D eigenvalue weighted by Gasteiger charge is 2.11. The maximum absolute atomic E-state index is 12.3. The van der Waals surface area contributed by atoms with Crippen LogP contribution in [-0.2, 0) is 0 Å². The zero-order valence-electron chi connectivity index (χ0n) is 12.3. The van der Waals surface area contributed by atoms with E-state index in [2.05, 4.69) is 21.4 Å². The molecule has 1 aromatic carbocycles. The van der Waals surface area contributed by atoms with Crippen molar-refractivity contribution in [3.8, 4) is 0 Å². The Labute approximate surface area is 123 Å². The van der Waals surface area contributed by atoms with Crippen molar-refractivity contribution < 1.29 is 4.79 Å². The van der Waals surface area contributed by atoms with Crippen LogP contribution in [0.25, 0.3) is 10.9 Å². The minimum absolute atomic E-state index is 0.179. The number of hydrogen-bond donors (Lipinski definition) is 2. The molecule has 106 valence electrons. The van der Waals surface area contributed by atoms with Gasteiger partial charge in [0.15, 0.2) is 0 Å². The van der Waals surface area contributed by atoms with Gasteiger partial charge in [-0.1, -0.05) is 6.07 Å². The Bertz CT molecular complexity index is 833. The molecule has 0 aliphatic rings. The summed E-state index contributed by atoms with van der Waals surface area (Å²) < 4.78 is 0. The summed E-state index contributed by atoms with van der Waals surface area (Å²) in [5.41, 5.74) is 4.92. The van der Waals surface area contributed by atoms with Crippen LogP contribution in [0.15, 0.2) is 36.5 Å². The summed E-state index contributed by atoms with van der Waals surface area (Å²) in [4.78, 5) is 19.6. The number of pyridine rings is 1. The highest BCUT2D eigenvalue weighted by molar-refractivity contribution is 6.05. The lowest BCUT2D eigenvalue weighted by molar-refractivity contribution is 0.102. The predicted molar refractivity (Wildman–Crippen MR) is 84.7 cm³/mol. The molecule has 4 nitrogen and oxygen atoms in total. The average molecular weight is 279 g/mol. The Kier molecular flexibility index (Phi) is 3.22. The van der Waals surface area contributed by atoms with Gasteiger partial charge in [-0.25, -0.2) is 4.98 Å². The van der Waals surface area contributed by atoms with Crippen molar-refractivity contribution in [1.82, 2.24) is 9.97 Å². The lowest BCUT2D eigenvalue weighted by Crippen LogP contribution is -2.13. The molecular formula is C17H17N3O. The van der Waals surface area contributed by atoms with E-state index in [1.165, 1.54) is 5.56 Å². The number of aromatic amines is 1. The smallest absolute Gasteiger partial charge is 0.273 e. The number of nitrogens with zero attached hydrogens (tertiary/aromatic N) is 1. The molecule has 2 aromatic heterocycles. The molecule has 0 aliphatic carbocycles. The second-order valence-corrected chi connectivity index (χ2v) is 5.40. The minimum atomic E-state index is -0.179. The van der Waals surface area contributed by atoms with E-state index in [4.69, 9.17) is 0 Å². The van der Waals surface area contributed by atoms with Gasteiger partial charge in [0.1, 0.15) is 11.5 Å². The van der Waals surface area contributed by atoms with E-state index in [9.17, 15) is 4.79 Å². The number of anilines is 1. The Morgan fingerprint density at radius 3 is 2.67 bits per heavy atom. The average Bonchev–Trinajstić information content (AvgIpc) is 2.83. The van der Waals surface area contributed by atoms with Crippen molar-refractivity contribution in [3.63, 3.8) is 0 Å². The monoisotopic (exact) mass is 279 g/mol. The summed E-state index contributed by atoms with van der Waals surface area (Å²) >= 11 is 0. The summed E-state index contributed by atoms with van der Waals surface area (Å²) in [6.07, 6.45) is 1.68. The first-order chi connectivity index (χ1) is 10.0. The lowest BCUT2D eigenvalue weighted by Gasteiger charge is -2.03. The molecule has 0 aliphatic heterocycles. The Hall–Kier alpha value is -2.62. The summed E-state index contributed by atoms with van der Waals surface area (Å²) in [6.45, 7) is 6.06. The van der Waals surface area contributed by atoms with Gasteiger partial charge in [0.2, 0.25) is 0 Å². The second-order valence-electron chi connectivity index (χ2n) is 5.40. The molecule has 2 heterocycles. The molecule has 4 heteroatoms. The van der Waals surface area contributed by atoms with Crippen LogP contribution in [0.3, 0.4) is 0 Å². The van der Waals surface area contributed by atoms with E-state index >= 15 is 0 Å².